The number of hydrogen-bond donors (Lipinski definition) is 2. The van der Waals surface area contributed by atoms with E-state index in [0.29, 0.717) is 41.4 Å². The van der Waals surface area contributed by atoms with Gasteiger partial charge in [-0.05, 0) is 74.6 Å². The van der Waals surface area contributed by atoms with Crippen LogP contribution in [-0.4, -0.2) is 55.1 Å². The normalized spacial score (nSPS) is 15.1. The summed E-state index contributed by atoms with van der Waals surface area (Å²) in [5.74, 6) is -0.447. The number of hydrogen-bond acceptors (Lipinski definition) is 6. The van der Waals surface area contributed by atoms with Crippen molar-refractivity contribution >= 4 is 60.3 Å². The predicted octanol–water partition coefficient (Wildman–Crippen LogP) is 8.87. The van der Waals surface area contributed by atoms with Gasteiger partial charge in [0.05, 0.1) is 52.1 Å². The first-order valence-electron chi connectivity index (χ1n) is 18.1. The Morgan fingerprint density at radius 2 is 1.45 bits per heavy atom. The number of imidazole rings is 1. The highest BCUT2D eigenvalue weighted by atomic mass is 35.5. The number of anilines is 2. The zero-order chi connectivity index (χ0) is 42.8. The fraction of sp³-hybridized carbons (Fsp3) is 0.359. The van der Waals surface area contributed by atoms with E-state index in [0.717, 1.165) is 17.7 Å². The Bertz CT molecular complexity index is 2480. The molecule has 0 saturated heterocycles. The van der Waals surface area contributed by atoms with Crippen LogP contribution in [0.5, 0.6) is 0 Å². The Hall–Kier alpha value is -4.36. The first-order chi connectivity index (χ1) is 27.0. The molecule has 0 spiro atoms. The summed E-state index contributed by atoms with van der Waals surface area (Å²) in [6.07, 6.45) is -2.57. The van der Waals surface area contributed by atoms with Crippen LogP contribution < -0.4 is 14.4 Å². The molecule has 5 rings (SSSR count). The lowest BCUT2D eigenvalue weighted by molar-refractivity contribution is -0.673. The molecular formula is C39H42ClF6N4O6S2+. The molecule has 1 aliphatic rings. The number of alkyl halides is 6. The largest absolute Gasteiger partial charge is 0.417 e. The van der Waals surface area contributed by atoms with Gasteiger partial charge in [-0.1, -0.05) is 54.1 Å². The first-order valence-corrected chi connectivity index (χ1v) is 21.7. The van der Waals surface area contributed by atoms with E-state index in [1.165, 1.54) is 24.0 Å². The molecule has 0 radical (unpaired) electrons. The SMILES string of the molecule is CCN1\C(=C/C=C(/C=C/c2n(CC)c3cc(C)c(C(F)(F)F)cc3[n+]2CCCS(=O)(=O)O)Cc2ccccc2)N(CCCS(=O)(=O)O)c2cc(C(F)(F)F)c(Cl)cc21. The fourth-order valence-electron chi connectivity index (χ4n) is 7.08. The van der Waals surface area contributed by atoms with E-state index < -0.39 is 60.2 Å². The molecule has 2 N–H and O–H groups in total. The smallest absolute Gasteiger partial charge is 0.326 e. The summed E-state index contributed by atoms with van der Waals surface area (Å²) in [4.78, 5) is 3.24. The summed E-state index contributed by atoms with van der Waals surface area (Å²) >= 11 is 6.13. The highest BCUT2D eigenvalue weighted by Crippen LogP contribution is 2.48. The van der Waals surface area contributed by atoms with Gasteiger partial charge in [0.25, 0.3) is 26.1 Å². The molecule has 58 heavy (non-hydrogen) atoms. The van der Waals surface area contributed by atoms with E-state index in [-0.39, 0.29) is 49.2 Å². The number of halogens is 7. The molecule has 1 aromatic heterocycles. The van der Waals surface area contributed by atoms with Gasteiger partial charge in [0.2, 0.25) is 0 Å². The lowest BCUT2D eigenvalue weighted by Gasteiger charge is -2.24. The maximum absolute atomic E-state index is 14.1. The maximum atomic E-state index is 14.1. The van der Waals surface area contributed by atoms with Crippen LogP contribution in [0.25, 0.3) is 17.1 Å². The Morgan fingerprint density at radius 3 is 2.03 bits per heavy atom. The summed E-state index contributed by atoms with van der Waals surface area (Å²) in [6, 6.07) is 13.8. The van der Waals surface area contributed by atoms with Crippen molar-refractivity contribution in [2.45, 2.75) is 65.5 Å². The average molecular weight is 876 g/mol. The molecule has 2 heterocycles. The molecule has 314 valence electrons. The molecule has 0 amide bonds. The first kappa shape index (κ1) is 44.7. The molecule has 1 aliphatic heterocycles. The van der Waals surface area contributed by atoms with Crippen molar-refractivity contribution in [2.75, 3.05) is 34.4 Å². The minimum Gasteiger partial charge on any atom is -0.326 e. The summed E-state index contributed by atoms with van der Waals surface area (Å²) < 4.78 is 153. The van der Waals surface area contributed by atoms with Crippen molar-refractivity contribution in [2.24, 2.45) is 0 Å². The summed E-state index contributed by atoms with van der Waals surface area (Å²) in [7, 11) is -8.77. The van der Waals surface area contributed by atoms with Crippen LogP contribution in [0.1, 0.15) is 54.8 Å². The van der Waals surface area contributed by atoms with E-state index in [2.05, 4.69) is 0 Å². The van der Waals surface area contributed by atoms with Crippen molar-refractivity contribution in [1.82, 2.24) is 4.57 Å². The highest BCUT2D eigenvalue weighted by molar-refractivity contribution is 7.86. The highest BCUT2D eigenvalue weighted by Gasteiger charge is 2.39. The molecule has 3 aromatic carbocycles. The number of fused-ring (bicyclic) bond motifs is 2. The molecule has 0 fully saturated rings. The quantitative estimate of drug-likeness (QED) is 0.0526. The van der Waals surface area contributed by atoms with Crippen molar-refractivity contribution < 1.29 is 56.9 Å². The molecular weight excluding hydrogens is 834 g/mol. The lowest BCUT2D eigenvalue weighted by Crippen LogP contribution is -2.37. The van der Waals surface area contributed by atoms with Crippen LogP contribution >= 0.6 is 11.6 Å². The van der Waals surface area contributed by atoms with E-state index in [1.54, 1.807) is 45.3 Å². The van der Waals surface area contributed by atoms with Crippen LogP contribution in [-0.2, 0) is 52.1 Å². The molecule has 0 unspecified atom stereocenters. The van der Waals surface area contributed by atoms with Gasteiger partial charge in [-0.2, -0.15) is 43.2 Å². The third-order valence-corrected chi connectivity index (χ3v) is 11.5. The van der Waals surface area contributed by atoms with Gasteiger partial charge in [0, 0.05) is 31.7 Å². The molecule has 0 bridgehead atoms. The molecule has 19 heteroatoms. The molecule has 0 saturated carbocycles. The number of allylic oxidation sites excluding steroid dienone is 4. The van der Waals surface area contributed by atoms with Crippen molar-refractivity contribution in [3.63, 3.8) is 0 Å². The Kier molecular flexibility index (Phi) is 13.5. The van der Waals surface area contributed by atoms with Crippen molar-refractivity contribution in [3.8, 4) is 0 Å². The fourth-order valence-corrected chi connectivity index (χ4v) is 8.33. The average Bonchev–Trinajstić information content (AvgIpc) is 3.56. The van der Waals surface area contributed by atoms with Crippen LogP contribution in [0, 0.1) is 6.92 Å². The molecule has 10 nitrogen and oxygen atoms in total. The van der Waals surface area contributed by atoms with Crippen LogP contribution in [0.2, 0.25) is 5.02 Å². The minimum atomic E-state index is -4.79. The van der Waals surface area contributed by atoms with Gasteiger partial charge < -0.3 is 9.80 Å². The number of nitrogens with zero attached hydrogens (tertiary/aromatic N) is 4. The van der Waals surface area contributed by atoms with E-state index in [9.17, 15) is 52.3 Å². The second-order valence-corrected chi connectivity index (χ2v) is 17.2. The summed E-state index contributed by atoms with van der Waals surface area (Å²) in [5.41, 5.74) is 0.704. The second kappa shape index (κ2) is 17.5. The molecule has 0 atom stereocenters. The van der Waals surface area contributed by atoms with Gasteiger partial charge in [-0.25, -0.2) is 9.13 Å². The van der Waals surface area contributed by atoms with Crippen LogP contribution in [0.3, 0.4) is 0 Å². The van der Waals surface area contributed by atoms with Gasteiger partial charge in [0.1, 0.15) is 5.82 Å². The van der Waals surface area contributed by atoms with E-state index in [1.807, 2.05) is 37.3 Å². The zero-order valence-corrected chi connectivity index (χ0v) is 34.0. The maximum Gasteiger partial charge on any atom is 0.417 e. The van der Waals surface area contributed by atoms with Crippen LogP contribution in [0.15, 0.2) is 84.2 Å². The zero-order valence-electron chi connectivity index (χ0n) is 31.6. The van der Waals surface area contributed by atoms with Crippen molar-refractivity contribution in [3.05, 3.63) is 117 Å². The lowest BCUT2D eigenvalue weighted by atomic mass is 10.0. The predicted molar refractivity (Wildman–Crippen MR) is 212 cm³/mol. The van der Waals surface area contributed by atoms with Gasteiger partial charge in [0.15, 0.2) is 11.0 Å². The number of rotatable bonds is 15. The standard InChI is InChI=1S/C39H41ClF6N4O6S2/c1-4-47-32-21-26(3)29(38(41,42)43)23-33(32)49(17-9-19-57(51,52)53)36(47)15-13-28(22-27-11-7-6-8-12-27)14-16-37-48(5-2)35-25-31(40)30(39(44,45)46)24-34(35)50(37)18-10-20-58(54,55)56/h6-8,11-16,21,23-25H,4-5,9-10,17-20,22H2,1-3H3,(H-,51,52,53,54,55,56)/p+1. The summed E-state index contributed by atoms with van der Waals surface area (Å²) in [6.45, 7) is 5.37. The van der Waals surface area contributed by atoms with Crippen LogP contribution in [0.4, 0.5) is 37.7 Å². The Labute approximate surface area is 337 Å². The van der Waals surface area contributed by atoms with Gasteiger partial charge in [-0.15, -0.1) is 0 Å². The minimum absolute atomic E-state index is 0.00748. The second-order valence-electron chi connectivity index (χ2n) is 13.7. The topological polar surface area (TPSA) is 124 Å². The van der Waals surface area contributed by atoms with E-state index in [4.69, 9.17) is 11.6 Å². The Balaban J connectivity index is 1.69. The van der Waals surface area contributed by atoms with Gasteiger partial charge in [-0.3, -0.25) is 9.11 Å². The molecule has 0 aliphatic carbocycles. The van der Waals surface area contributed by atoms with Gasteiger partial charge >= 0.3 is 12.4 Å². The Morgan fingerprint density at radius 1 is 0.828 bits per heavy atom. The van der Waals surface area contributed by atoms with Crippen molar-refractivity contribution in [1.29, 1.82) is 0 Å². The number of aromatic nitrogens is 2. The third kappa shape index (κ3) is 10.6. The monoisotopic (exact) mass is 875 g/mol. The molecule has 4 aromatic rings. The van der Waals surface area contributed by atoms with E-state index >= 15 is 0 Å². The summed E-state index contributed by atoms with van der Waals surface area (Å²) in [5, 5.41) is -0.527. The number of aryl methyl sites for hydroxylation is 3. The third-order valence-electron chi connectivity index (χ3n) is 9.61. The number of benzene rings is 3.